The van der Waals surface area contributed by atoms with Gasteiger partial charge in [0.2, 0.25) is 5.95 Å². The second-order valence-electron chi connectivity index (χ2n) is 5.55. The van der Waals surface area contributed by atoms with Crippen LogP contribution in [0.25, 0.3) is 0 Å². The van der Waals surface area contributed by atoms with Crippen molar-refractivity contribution in [3.63, 3.8) is 0 Å². The van der Waals surface area contributed by atoms with Crippen LogP contribution < -0.4 is 5.32 Å². The Bertz CT molecular complexity index is 922. The van der Waals surface area contributed by atoms with Crippen molar-refractivity contribution >= 4 is 46.7 Å². The summed E-state index contributed by atoms with van der Waals surface area (Å²) in [5.41, 5.74) is 0.844. The summed E-state index contributed by atoms with van der Waals surface area (Å²) in [5.74, 6) is -0.0636. The highest BCUT2D eigenvalue weighted by molar-refractivity contribution is 6.35. The molecule has 1 atom stereocenters. The number of nitrogens with one attached hydrogen (secondary N) is 1. The number of rotatable bonds is 6. The van der Waals surface area contributed by atoms with Gasteiger partial charge in [0, 0.05) is 16.2 Å². The largest absolute Gasteiger partial charge is 0.291 e. The molecule has 2 aromatic heterocycles. The molecular formula is C16H15Cl3N6O. The van der Waals surface area contributed by atoms with Crippen molar-refractivity contribution in [1.29, 1.82) is 0 Å². The van der Waals surface area contributed by atoms with Gasteiger partial charge in [0.05, 0.1) is 17.8 Å². The molecule has 1 unspecified atom stereocenters. The first-order chi connectivity index (χ1) is 12.5. The standard InChI is InChI=1S/C16H15Cl3N6O/c1-2-14(25-8-12(18)6-21-25)15(26)22-16-20-9-24(23-16)7-10-3-4-11(17)5-13(10)19/h3-6,8-9,14H,2,7H2,1H3,(H,22,23,26). The number of hydrogen-bond acceptors (Lipinski definition) is 4. The Labute approximate surface area is 164 Å². The molecule has 1 N–H and O–H groups in total. The maximum atomic E-state index is 12.5. The molecular weight excluding hydrogens is 399 g/mol. The predicted octanol–water partition coefficient (Wildman–Crippen LogP) is 4.07. The highest BCUT2D eigenvalue weighted by Crippen LogP contribution is 2.22. The molecule has 136 valence electrons. The maximum Gasteiger partial charge on any atom is 0.251 e. The molecule has 26 heavy (non-hydrogen) atoms. The van der Waals surface area contributed by atoms with Crippen molar-refractivity contribution in [3.05, 3.63) is 57.6 Å². The normalized spacial score (nSPS) is 12.2. The Hall–Kier alpha value is -2.09. The van der Waals surface area contributed by atoms with E-state index in [-0.39, 0.29) is 11.9 Å². The number of hydrogen-bond donors (Lipinski definition) is 1. The van der Waals surface area contributed by atoms with Gasteiger partial charge in [-0.15, -0.1) is 5.10 Å². The van der Waals surface area contributed by atoms with Gasteiger partial charge in [0.15, 0.2) is 0 Å². The lowest BCUT2D eigenvalue weighted by Crippen LogP contribution is -2.26. The number of halogens is 3. The van der Waals surface area contributed by atoms with Crippen LogP contribution in [0.15, 0.2) is 36.9 Å². The van der Waals surface area contributed by atoms with Crippen LogP contribution in [0.1, 0.15) is 24.9 Å². The van der Waals surface area contributed by atoms with Gasteiger partial charge in [-0.3, -0.25) is 14.8 Å². The van der Waals surface area contributed by atoms with E-state index in [2.05, 4.69) is 20.5 Å². The first-order valence-electron chi connectivity index (χ1n) is 7.80. The first kappa shape index (κ1) is 18.7. The number of nitrogens with zero attached hydrogens (tertiary/aromatic N) is 5. The second-order valence-corrected chi connectivity index (χ2v) is 6.83. The molecule has 0 bridgehead atoms. The molecule has 0 aliphatic heterocycles. The molecule has 3 rings (SSSR count). The average Bonchev–Trinajstić information content (AvgIpc) is 3.20. The van der Waals surface area contributed by atoms with E-state index >= 15 is 0 Å². The van der Waals surface area contributed by atoms with Gasteiger partial charge in [0.1, 0.15) is 12.4 Å². The average molecular weight is 414 g/mol. The monoisotopic (exact) mass is 412 g/mol. The molecule has 0 aliphatic carbocycles. The molecule has 0 aliphatic rings. The van der Waals surface area contributed by atoms with Gasteiger partial charge >= 0.3 is 0 Å². The molecule has 0 radical (unpaired) electrons. The summed E-state index contributed by atoms with van der Waals surface area (Å²) in [7, 11) is 0. The molecule has 1 amide bonds. The van der Waals surface area contributed by atoms with Crippen LogP contribution in [-0.4, -0.2) is 30.5 Å². The second kappa shape index (κ2) is 8.07. The number of anilines is 1. The number of aromatic nitrogens is 5. The topological polar surface area (TPSA) is 77.6 Å². The lowest BCUT2D eigenvalue weighted by Gasteiger charge is -2.13. The first-order valence-corrected chi connectivity index (χ1v) is 8.93. The Morgan fingerprint density at radius 1 is 1.27 bits per heavy atom. The summed E-state index contributed by atoms with van der Waals surface area (Å²) in [6.45, 7) is 2.29. The highest BCUT2D eigenvalue weighted by atomic mass is 35.5. The SMILES string of the molecule is CCC(C(=O)Nc1ncn(Cc2ccc(Cl)cc2Cl)n1)n1cc(Cl)cn1. The molecule has 7 nitrogen and oxygen atoms in total. The quantitative estimate of drug-likeness (QED) is 0.660. The highest BCUT2D eigenvalue weighted by Gasteiger charge is 2.20. The zero-order valence-corrected chi connectivity index (χ0v) is 16.0. The molecule has 0 saturated heterocycles. The molecule has 0 fully saturated rings. The third kappa shape index (κ3) is 4.35. The molecule has 1 aromatic carbocycles. The summed E-state index contributed by atoms with van der Waals surface area (Å²) in [4.78, 5) is 16.6. The zero-order valence-electron chi connectivity index (χ0n) is 13.7. The number of amides is 1. The van der Waals surface area contributed by atoms with E-state index in [0.717, 1.165) is 5.56 Å². The van der Waals surface area contributed by atoms with Crippen LogP contribution in [-0.2, 0) is 11.3 Å². The summed E-state index contributed by atoms with van der Waals surface area (Å²) in [5, 5.41) is 12.6. The summed E-state index contributed by atoms with van der Waals surface area (Å²) < 4.78 is 3.10. The Balaban J connectivity index is 1.68. The van der Waals surface area contributed by atoms with E-state index < -0.39 is 6.04 Å². The molecule has 3 aromatic rings. The van der Waals surface area contributed by atoms with Crippen LogP contribution in [0.2, 0.25) is 15.1 Å². The number of benzene rings is 1. The predicted molar refractivity (Wildman–Crippen MR) is 101 cm³/mol. The maximum absolute atomic E-state index is 12.5. The lowest BCUT2D eigenvalue weighted by atomic mass is 10.2. The van der Waals surface area contributed by atoms with Crippen LogP contribution in [0, 0.1) is 0 Å². The molecule has 10 heteroatoms. The minimum absolute atomic E-state index is 0.205. The molecule has 0 saturated carbocycles. The van der Waals surface area contributed by atoms with E-state index in [1.165, 1.54) is 17.2 Å². The fourth-order valence-corrected chi connectivity index (χ4v) is 3.04. The van der Waals surface area contributed by atoms with Crippen molar-refractivity contribution in [2.45, 2.75) is 25.9 Å². The van der Waals surface area contributed by atoms with Gasteiger partial charge in [-0.2, -0.15) is 5.10 Å². The van der Waals surface area contributed by atoms with Crippen LogP contribution in [0.4, 0.5) is 5.95 Å². The minimum atomic E-state index is -0.500. The van der Waals surface area contributed by atoms with Crippen molar-refractivity contribution < 1.29 is 4.79 Å². The van der Waals surface area contributed by atoms with Gasteiger partial charge in [0.25, 0.3) is 5.91 Å². The summed E-state index contributed by atoms with van der Waals surface area (Å²) >= 11 is 17.9. The lowest BCUT2D eigenvalue weighted by molar-refractivity contribution is -0.119. The zero-order chi connectivity index (χ0) is 18.7. The minimum Gasteiger partial charge on any atom is -0.291 e. The number of carbonyl (C=O) groups excluding carboxylic acids is 1. The van der Waals surface area contributed by atoms with Gasteiger partial charge in [-0.1, -0.05) is 47.8 Å². The fraction of sp³-hybridized carbons (Fsp3) is 0.250. The van der Waals surface area contributed by atoms with E-state index in [4.69, 9.17) is 34.8 Å². The Morgan fingerprint density at radius 2 is 2.08 bits per heavy atom. The van der Waals surface area contributed by atoms with E-state index in [1.807, 2.05) is 13.0 Å². The Morgan fingerprint density at radius 3 is 2.73 bits per heavy atom. The molecule has 2 heterocycles. The number of carbonyl (C=O) groups is 1. The van der Waals surface area contributed by atoms with Crippen molar-refractivity contribution in [2.75, 3.05) is 5.32 Å². The van der Waals surface area contributed by atoms with Crippen LogP contribution in [0.3, 0.4) is 0 Å². The molecule has 0 spiro atoms. The van der Waals surface area contributed by atoms with Crippen molar-refractivity contribution in [1.82, 2.24) is 24.5 Å². The third-order valence-corrected chi connectivity index (χ3v) is 4.48. The summed E-state index contributed by atoms with van der Waals surface area (Å²) in [6, 6.07) is 4.74. The van der Waals surface area contributed by atoms with E-state index in [0.29, 0.717) is 28.0 Å². The summed E-state index contributed by atoms with van der Waals surface area (Å²) in [6.07, 6.45) is 5.15. The smallest absolute Gasteiger partial charge is 0.251 e. The van der Waals surface area contributed by atoms with Gasteiger partial charge in [-0.05, 0) is 24.1 Å². The van der Waals surface area contributed by atoms with Crippen molar-refractivity contribution in [2.24, 2.45) is 0 Å². The fourth-order valence-electron chi connectivity index (χ4n) is 2.42. The van der Waals surface area contributed by atoms with Crippen LogP contribution in [0.5, 0.6) is 0 Å². The van der Waals surface area contributed by atoms with E-state index in [1.54, 1.807) is 23.0 Å². The third-order valence-electron chi connectivity index (χ3n) is 3.70. The Kier molecular flexibility index (Phi) is 5.80. The van der Waals surface area contributed by atoms with E-state index in [9.17, 15) is 4.79 Å². The van der Waals surface area contributed by atoms with Crippen molar-refractivity contribution in [3.8, 4) is 0 Å². The van der Waals surface area contributed by atoms with Crippen LogP contribution >= 0.6 is 34.8 Å². The van der Waals surface area contributed by atoms with Gasteiger partial charge < -0.3 is 0 Å². The van der Waals surface area contributed by atoms with Gasteiger partial charge in [-0.25, -0.2) is 9.67 Å².